The zero-order valence-electron chi connectivity index (χ0n) is 13.9. The Hall–Kier alpha value is -1.67. The van der Waals surface area contributed by atoms with Gasteiger partial charge >= 0.3 is 0 Å². The molecule has 26 heavy (non-hydrogen) atoms. The number of aryl methyl sites for hydroxylation is 1. The van der Waals surface area contributed by atoms with E-state index in [0.29, 0.717) is 8.98 Å². The summed E-state index contributed by atoms with van der Waals surface area (Å²) in [4.78, 5) is 12.1. The number of nitrogens with zero attached hydrogens (tertiary/aromatic N) is 2. The summed E-state index contributed by atoms with van der Waals surface area (Å²) < 4.78 is 3.06. The van der Waals surface area contributed by atoms with Crippen LogP contribution in [0.5, 0.6) is 0 Å². The second-order valence-electron chi connectivity index (χ2n) is 5.41. The zero-order chi connectivity index (χ0) is 18.5. The van der Waals surface area contributed by atoms with Gasteiger partial charge in [-0.05, 0) is 60.6 Å². The van der Waals surface area contributed by atoms with Crippen LogP contribution < -0.4 is 5.32 Å². The Bertz CT molecular complexity index is 949. The number of hydrogen-bond acceptors (Lipinski definition) is 5. The molecule has 1 aromatic heterocycles. The number of aromatic nitrogens is 2. The summed E-state index contributed by atoms with van der Waals surface area (Å²) in [5, 5.41) is 8.04. The lowest BCUT2D eigenvalue weighted by Gasteiger charge is -2.05. The maximum Gasteiger partial charge on any atom is 0.234 e. The van der Waals surface area contributed by atoms with E-state index >= 15 is 0 Å². The summed E-state index contributed by atoms with van der Waals surface area (Å²) in [6.45, 7) is 2.10. The van der Waals surface area contributed by atoms with Crippen molar-refractivity contribution in [3.05, 3.63) is 63.1 Å². The van der Waals surface area contributed by atoms with Crippen molar-refractivity contribution in [3.8, 4) is 5.69 Å². The maximum absolute atomic E-state index is 12.1. The van der Waals surface area contributed by atoms with E-state index < -0.39 is 0 Å². The second-order valence-corrected chi connectivity index (χ2v) is 8.69. The Kier molecular flexibility index (Phi) is 6.48. The average Bonchev–Trinajstić information content (AvgIpc) is 3.02. The van der Waals surface area contributed by atoms with Gasteiger partial charge in [-0.3, -0.25) is 4.79 Å². The summed E-state index contributed by atoms with van der Waals surface area (Å²) in [7, 11) is 0. The van der Waals surface area contributed by atoms with E-state index in [0.717, 1.165) is 22.1 Å². The largest absolute Gasteiger partial charge is 0.325 e. The van der Waals surface area contributed by atoms with Gasteiger partial charge in [0.1, 0.15) is 0 Å². The molecular formula is C18H16ClN3OS3. The summed E-state index contributed by atoms with van der Waals surface area (Å²) in [6, 6.07) is 15.2. The molecule has 3 rings (SSSR count). The lowest BCUT2D eigenvalue weighted by atomic mass is 10.1. The first kappa shape index (κ1) is 19.1. The summed E-state index contributed by atoms with van der Waals surface area (Å²) in [5.41, 5.74) is 2.89. The Morgan fingerprint density at radius 3 is 2.58 bits per heavy atom. The molecule has 0 bridgehead atoms. The molecule has 2 aromatic carbocycles. The molecule has 0 radical (unpaired) electrons. The van der Waals surface area contributed by atoms with Crippen molar-refractivity contribution in [2.75, 3.05) is 11.1 Å². The van der Waals surface area contributed by atoms with Crippen LogP contribution in [0.1, 0.15) is 12.5 Å². The van der Waals surface area contributed by atoms with Crippen LogP contribution in [-0.2, 0) is 11.2 Å². The topological polar surface area (TPSA) is 46.9 Å². The van der Waals surface area contributed by atoms with E-state index in [2.05, 4.69) is 17.3 Å². The lowest BCUT2D eigenvalue weighted by Crippen LogP contribution is -2.13. The van der Waals surface area contributed by atoms with E-state index in [9.17, 15) is 4.79 Å². The number of hydrogen-bond donors (Lipinski definition) is 1. The molecule has 1 heterocycles. The standard InChI is InChI=1S/C18H16ClN3OS3/c1-2-12-3-7-14(8-4-12)20-16(23)11-25-17-21-22(18(24)26-17)15-9-5-13(19)6-10-15/h3-10H,2,11H2,1H3,(H,20,23). The van der Waals surface area contributed by atoms with E-state index in [1.54, 1.807) is 16.8 Å². The second kappa shape index (κ2) is 8.81. The minimum absolute atomic E-state index is 0.0709. The molecule has 8 heteroatoms. The summed E-state index contributed by atoms with van der Waals surface area (Å²) >= 11 is 14.0. The molecule has 0 saturated heterocycles. The highest BCUT2D eigenvalue weighted by atomic mass is 35.5. The van der Waals surface area contributed by atoms with Crippen molar-refractivity contribution >= 4 is 58.5 Å². The highest BCUT2D eigenvalue weighted by molar-refractivity contribution is 8.01. The van der Waals surface area contributed by atoms with Crippen molar-refractivity contribution in [2.45, 2.75) is 17.7 Å². The van der Waals surface area contributed by atoms with E-state index in [-0.39, 0.29) is 11.7 Å². The molecule has 0 aliphatic heterocycles. The van der Waals surface area contributed by atoms with E-state index in [1.165, 1.54) is 28.7 Å². The molecular weight excluding hydrogens is 406 g/mol. The fraction of sp³-hybridized carbons (Fsp3) is 0.167. The Labute approximate surface area is 170 Å². The third kappa shape index (κ3) is 4.94. The van der Waals surface area contributed by atoms with Crippen LogP contribution in [0.2, 0.25) is 5.02 Å². The van der Waals surface area contributed by atoms with Gasteiger partial charge in [0.15, 0.2) is 8.29 Å². The number of benzene rings is 2. The number of carbonyl (C=O) groups is 1. The number of nitrogens with one attached hydrogen (secondary N) is 1. The minimum Gasteiger partial charge on any atom is -0.325 e. The van der Waals surface area contributed by atoms with Crippen LogP contribution >= 0.6 is 46.9 Å². The molecule has 3 aromatic rings. The monoisotopic (exact) mass is 421 g/mol. The van der Waals surface area contributed by atoms with Crippen molar-refractivity contribution in [1.29, 1.82) is 0 Å². The van der Waals surface area contributed by atoms with Gasteiger partial charge in [-0.2, -0.15) is 0 Å². The normalized spacial score (nSPS) is 10.7. The number of rotatable bonds is 6. The van der Waals surface area contributed by atoms with Crippen molar-refractivity contribution in [2.24, 2.45) is 0 Å². The highest BCUT2D eigenvalue weighted by Crippen LogP contribution is 2.25. The summed E-state index contributed by atoms with van der Waals surface area (Å²) in [5.74, 6) is 0.205. The molecule has 0 unspecified atom stereocenters. The van der Waals surface area contributed by atoms with Gasteiger partial charge in [0.2, 0.25) is 5.91 Å². The Morgan fingerprint density at radius 2 is 1.92 bits per heavy atom. The molecule has 1 amide bonds. The number of halogens is 1. The maximum atomic E-state index is 12.1. The van der Waals surface area contributed by atoms with Gasteiger partial charge < -0.3 is 5.32 Å². The van der Waals surface area contributed by atoms with Gasteiger partial charge in [-0.1, -0.05) is 53.8 Å². The predicted octanol–water partition coefficient (Wildman–Crippen LogP) is 5.61. The fourth-order valence-electron chi connectivity index (χ4n) is 2.21. The minimum atomic E-state index is -0.0709. The Morgan fingerprint density at radius 1 is 1.23 bits per heavy atom. The van der Waals surface area contributed by atoms with Crippen molar-refractivity contribution < 1.29 is 4.79 Å². The summed E-state index contributed by atoms with van der Waals surface area (Å²) in [6.07, 6.45) is 0.977. The number of carbonyl (C=O) groups excluding carboxylic acids is 1. The van der Waals surface area contributed by atoms with E-state index in [4.69, 9.17) is 23.8 Å². The smallest absolute Gasteiger partial charge is 0.234 e. The third-order valence-electron chi connectivity index (χ3n) is 3.57. The molecule has 0 saturated carbocycles. The van der Waals surface area contributed by atoms with E-state index in [1.807, 2.05) is 36.4 Å². The molecule has 0 spiro atoms. The van der Waals surface area contributed by atoms with Crippen LogP contribution in [0.3, 0.4) is 0 Å². The molecule has 0 aliphatic rings. The predicted molar refractivity (Wildman–Crippen MR) is 112 cm³/mol. The quantitative estimate of drug-likeness (QED) is 0.415. The molecule has 134 valence electrons. The molecule has 0 fully saturated rings. The van der Waals surface area contributed by atoms with Crippen molar-refractivity contribution in [1.82, 2.24) is 9.78 Å². The first-order chi connectivity index (χ1) is 12.5. The molecule has 4 nitrogen and oxygen atoms in total. The van der Waals surface area contributed by atoms with Crippen LogP contribution in [0.4, 0.5) is 5.69 Å². The van der Waals surface area contributed by atoms with Crippen molar-refractivity contribution in [3.63, 3.8) is 0 Å². The van der Waals surface area contributed by atoms with Crippen LogP contribution in [0.25, 0.3) is 5.69 Å². The molecule has 0 atom stereocenters. The van der Waals surface area contributed by atoms with Crippen LogP contribution in [-0.4, -0.2) is 21.4 Å². The van der Waals surface area contributed by atoms with Gasteiger partial charge in [-0.25, -0.2) is 4.68 Å². The molecule has 1 N–H and O–H groups in total. The number of amides is 1. The van der Waals surface area contributed by atoms with Crippen LogP contribution in [0, 0.1) is 3.95 Å². The fourth-order valence-corrected chi connectivity index (χ4v) is 4.50. The van der Waals surface area contributed by atoms with Gasteiger partial charge in [0.25, 0.3) is 0 Å². The lowest BCUT2D eigenvalue weighted by molar-refractivity contribution is -0.113. The van der Waals surface area contributed by atoms with Gasteiger partial charge in [0, 0.05) is 10.7 Å². The molecule has 0 aliphatic carbocycles. The Balaban J connectivity index is 1.60. The van der Waals surface area contributed by atoms with Gasteiger partial charge in [0.05, 0.1) is 11.4 Å². The average molecular weight is 422 g/mol. The van der Waals surface area contributed by atoms with Crippen LogP contribution in [0.15, 0.2) is 52.9 Å². The zero-order valence-corrected chi connectivity index (χ0v) is 17.1. The number of anilines is 1. The SMILES string of the molecule is CCc1ccc(NC(=O)CSc2nn(-c3ccc(Cl)cc3)c(=S)s2)cc1. The first-order valence-electron chi connectivity index (χ1n) is 7.93. The third-order valence-corrected chi connectivity index (χ3v) is 6.19. The first-order valence-corrected chi connectivity index (χ1v) is 10.5. The number of thioether (sulfide) groups is 1. The highest BCUT2D eigenvalue weighted by Gasteiger charge is 2.09. The van der Waals surface area contributed by atoms with Gasteiger partial charge in [-0.15, -0.1) is 5.10 Å².